The summed E-state index contributed by atoms with van der Waals surface area (Å²) in [5, 5.41) is 0. The molecule has 37 heavy (non-hydrogen) atoms. The van der Waals surface area contributed by atoms with Crippen molar-refractivity contribution in [3.63, 3.8) is 0 Å². The van der Waals surface area contributed by atoms with Gasteiger partial charge in [-0.2, -0.15) is 0 Å². The SMILES string of the molecule is CSc1ccc(-c2ccc([Te]34c5c(cccc5C[S+]3c3ccccc3)C[S+]4c3ccccc3)cc2)cc1. The van der Waals surface area contributed by atoms with E-state index in [0.29, 0.717) is 0 Å². The molecule has 2 aliphatic heterocycles. The van der Waals surface area contributed by atoms with E-state index in [-0.39, 0.29) is 16.2 Å². The van der Waals surface area contributed by atoms with Crippen LogP contribution >= 0.6 is 11.8 Å². The summed E-state index contributed by atoms with van der Waals surface area (Å²) in [4.78, 5) is 4.45. The normalized spacial score (nSPS) is 23.4. The van der Waals surface area contributed by atoms with Crippen LogP contribution in [-0.4, -0.2) is 21.7 Å². The predicted molar refractivity (Wildman–Crippen MR) is 167 cm³/mol. The third-order valence-corrected chi connectivity index (χ3v) is 43.8. The molecule has 0 spiro atoms. The van der Waals surface area contributed by atoms with Crippen LogP contribution in [0.4, 0.5) is 0 Å². The molecule has 2 unspecified atom stereocenters. The van der Waals surface area contributed by atoms with Crippen molar-refractivity contribution in [3.8, 4) is 11.1 Å². The molecule has 4 heteroatoms. The zero-order chi connectivity index (χ0) is 24.8. The molecule has 0 saturated heterocycles. The van der Waals surface area contributed by atoms with Crippen LogP contribution in [0.3, 0.4) is 0 Å². The molecule has 0 radical (unpaired) electrons. The molecule has 0 saturated carbocycles. The molecule has 2 aliphatic rings. The van der Waals surface area contributed by atoms with Gasteiger partial charge in [-0.3, -0.25) is 0 Å². The third kappa shape index (κ3) is 3.92. The third-order valence-electron chi connectivity index (χ3n) is 7.19. The summed E-state index contributed by atoms with van der Waals surface area (Å²) >= 11 is -1.12. The van der Waals surface area contributed by atoms with Crippen molar-refractivity contribution in [2.75, 3.05) is 6.26 Å². The number of thioether (sulfide) groups is 1. The quantitative estimate of drug-likeness (QED) is 0.112. The van der Waals surface area contributed by atoms with Crippen LogP contribution in [0.15, 0.2) is 142 Å². The standard InChI is InChI=1S/C33H28S3Te/c1-34-29-19-15-25(16-20-29)26-17-21-32(22-18-26)37-33-27(23-35(37)30-11-4-2-5-12-30)9-8-10-28(33)24-36(37)31-13-6-3-7-14-31/h2-22H,23-24H2,1H3/q+2. The summed E-state index contributed by atoms with van der Waals surface area (Å²) < 4.78 is 3.47. The second kappa shape index (κ2) is 9.92. The zero-order valence-electron chi connectivity index (χ0n) is 20.7. The Labute approximate surface area is 231 Å². The molecular formula is C33H28S3Te+2. The van der Waals surface area contributed by atoms with E-state index in [1.165, 1.54) is 27.5 Å². The molecule has 0 aliphatic carbocycles. The molecule has 5 aromatic rings. The Bertz CT molecular complexity index is 1480. The van der Waals surface area contributed by atoms with E-state index >= 15 is 0 Å². The van der Waals surface area contributed by atoms with E-state index in [0.717, 1.165) is 0 Å². The molecule has 2 atom stereocenters. The molecular weight excluding hydrogens is 620 g/mol. The van der Waals surface area contributed by atoms with E-state index in [1.807, 2.05) is 3.61 Å². The topological polar surface area (TPSA) is 0 Å². The molecule has 7 rings (SSSR count). The molecule has 0 N–H and O–H groups in total. The average Bonchev–Trinajstić information content (AvgIpc) is 3.52. The Hall–Kier alpha value is -2.06. The monoisotopic (exact) mass is 650 g/mol. The van der Waals surface area contributed by atoms with Gasteiger partial charge in [-0.25, -0.2) is 0 Å². The maximum atomic E-state index is 2.53. The summed E-state index contributed by atoms with van der Waals surface area (Å²) in [5.41, 5.74) is 5.89. The van der Waals surface area contributed by atoms with E-state index in [1.54, 1.807) is 36.3 Å². The minimum absolute atomic E-state index is 0.231. The first kappa shape index (κ1) is 24.0. The number of rotatable bonds is 5. The summed E-state index contributed by atoms with van der Waals surface area (Å²) in [6.07, 6.45) is 2.14. The van der Waals surface area contributed by atoms with Gasteiger partial charge in [0.1, 0.15) is 0 Å². The van der Waals surface area contributed by atoms with Gasteiger partial charge >= 0.3 is 233 Å². The van der Waals surface area contributed by atoms with Crippen molar-refractivity contribution in [2.24, 2.45) is 0 Å². The van der Waals surface area contributed by atoms with Crippen molar-refractivity contribution in [2.45, 2.75) is 26.2 Å². The Morgan fingerprint density at radius 1 is 0.541 bits per heavy atom. The van der Waals surface area contributed by atoms with Crippen LogP contribution in [0.25, 0.3) is 11.1 Å². The van der Waals surface area contributed by atoms with Crippen LogP contribution in [0.2, 0.25) is 0 Å². The van der Waals surface area contributed by atoms with Crippen molar-refractivity contribution in [1.29, 1.82) is 0 Å². The Morgan fingerprint density at radius 3 is 1.51 bits per heavy atom. The van der Waals surface area contributed by atoms with Crippen LogP contribution in [0.5, 0.6) is 0 Å². The fraction of sp³-hybridized carbons (Fsp3) is 0.0909. The second-order valence-corrected chi connectivity index (χ2v) is 33.4. The van der Waals surface area contributed by atoms with Crippen molar-refractivity contribution in [1.82, 2.24) is 0 Å². The first-order valence-electron chi connectivity index (χ1n) is 12.5. The number of hydrogen-bond donors (Lipinski definition) is 0. The van der Waals surface area contributed by atoms with E-state index < -0.39 is 15.4 Å². The molecule has 0 amide bonds. The fourth-order valence-corrected chi connectivity index (χ4v) is 49.7. The first-order chi connectivity index (χ1) is 18.3. The van der Waals surface area contributed by atoms with Gasteiger partial charge in [-0.15, -0.1) is 0 Å². The van der Waals surface area contributed by atoms with Crippen molar-refractivity contribution in [3.05, 3.63) is 139 Å². The van der Waals surface area contributed by atoms with E-state index in [4.69, 9.17) is 0 Å². The molecule has 182 valence electrons. The summed E-state index contributed by atoms with van der Waals surface area (Å²) in [5.74, 6) is 2.42. The Kier molecular flexibility index (Phi) is 6.44. The Balaban J connectivity index is 1.44. The molecule has 0 aromatic heterocycles. The number of hydrogen-bond acceptors (Lipinski definition) is 1. The first-order valence-corrected chi connectivity index (χ1v) is 24.4. The van der Waals surface area contributed by atoms with Crippen LogP contribution in [0, 0.1) is 0 Å². The van der Waals surface area contributed by atoms with Crippen molar-refractivity contribution >= 4 is 50.7 Å². The molecule has 5 aromatic carbocycles. The molecule has 2 heterocycles. The van der Waals surface area contributed by atoms with Gasteiger partial charge in [0.05, 0.1) is 0 Å². The maximum absolute atomic E-state index is 2.92. The number of benzene rings is 5. The van der Waals surface area contributed by atoms with Gasteiger partial charge in [0, 0.05) is 0 Å². The van der Waals surface area contributed by atoms with Gasteiger partial charge in [0.15, 0.2) is 0 Å². The van der Waals surface area contributed by atoms with E-state index in [2.05, 4.69) is 134 Å². The average molecular weight is 648 g/mol. The fourth-order valence-electron chi connectivity index (χ4n) is 5.50. The van der Waals surface area contributed by atoms with Crippen molar-refractivity contribution < 1.29 is 0 Å². The van der Waals surface area contributed by atoms with Gasteiger partial charge < -0.3 is 0 Å². The summed E-state index contributed by atoms with van der Waals surface area (Å²) in [6.45, 7) is 0. The Morgan fingerprint density at radius 2 is 1.03 bits per heavy atom. The van der Waals surface area contributed by atoms with Gasteiger partial charge in [0.2, 0.25) is 0 Å². The zero-order valence-corrected chi connectivity index (χ0v) is 25.5. The minimum atomic E-state index is -2.92. The van der Waals surface area contributed by atoms with Gasteiger partial charge in [-0.1, -0.05) is 0 Å². The second-order valence-electron chi connectivity index (χ2n) is 9.27. The summed E-state index contributed by atoms with van der Waals surface area (Å²) in [7, 11) is 0.462. The van der Waals surface area contributed by atoms with Gasteiger partial charge in [0.25, 0.3) is 0 Å². The molecule has 0 bridgehead atoms. The van der Waals surface area contributed by atoms with Gasteiger partial charge in [-0.05, 0) is 0 Å². The van der Waals surface area contributed by atoms with Crippen LogP contribution < -0.4 is 7.22 Å². The molecule has 0 fully saturated rings. The van der Waals surface area contributed by atoms with Crippen LogP contribution in [0.1, 0.15) is 11.1 Å². The summed E-state index contributed by atoms with van der Waals surface area (Å²) in [6, 6.07) is 49.1. The van der Waals surface area contributed by atoms with Crippen LogP contribution in [-0.2, 0) is 27.8 Å². The molecule has 0 nitrogen and oxygen atoms in total. The predicted octanol–water partition coefficient (Wildman–Crippen LogP) is 7.01. The van der Waals surface area contributed by atoms with E-state index in [9.17, 15) is 0 Å².